The summed E-state index contributed by atoms with van der Waals surface area (Å²) in [6, 6.07) is 16.7. The number of hydrogen-bond donors (Lipinski definition) is 1. The van der Waals surface area contributed by atoms with Crippen LogP contribution in [0.2, 0.25) is 0 Å². The molecule has 4 rings (SSSR count). The Kier molecular flexibility index (Phi) is 5.19. The number of benzene rings is 2. The lowest BCUT2D eigenvalue weighted by atomic mass is 10.1. The number of hydrogen-bond acceptors (Lipinski definition) is 5. The Hall–Kier alpha value is -3.41. The van der Waals surface area contributed by atoms with Crippen LogP contribution >= 0.6 is 0 Å². The van der Waals surface area contributed by atoms with Gasteiger partial charge in [-0.15, -0.1) is 0 Å². The van der Waals surface area contributed by atoms with E-state index in [1.165, 1.54) is 12.8 Å². The maximum absolute atomic E-state index is 12.5. The fourth-order valence-corrected chi connectivity index (χ4v) is 3.29. The average Bonchev–Trinajstić information content (AvgIpc) is 3.29. The highest BCUT2D eigenvalue weighted by Crippen LogP contribution is 2.24. The van der Waals surface area contributed by atoms with Crippen LogP contribution < -0.4 is 15.0 Å². The zero-order valence-electron chi connectivity index (χ0n) is 15.8. The van der Waals surface area contributed by atoms with Crippen molar-refractivity contribution >= 4 is 17.4 Å². The van der Waals surface area contributed by atoms with Gasteiger partial charge in [0.15, 0.2) is 0 Å². The summed E-state index contributed by atoms with van der Waals surface area (Å²) < 4.78 is 5.13. The number of ether oxygens (including phenoxy) is 1. The van der Waals surface area contributed by atoms with Gasteiger partial charge < -0.3 is 15.0 Å². The van der Waals surface area contributed by atoms with Gasteiger partial charge >= 0.3 is 0 Å². The maximum atomic E-state index is 12.5. The smallest absolute Gasteiger partial charge is 0.255 e. The monoisotopic (exact) mass is 374 g/mol. The van der Waals surface area contributed by atoms with E-state index in [4.69, 9.17) is 4.74 Å². The molecule has 6 heteroatoms. The van der Waals surface area contributed by atoms with Crippen LogP contribution in [0.25, 0.3) is 11.3 Å². The molecule has 1 fully saturated rings. The van der Waals surface area contributed by atoms with Crippen molar-refractivity contribution < 1.29 is 9.53 Å². The number of carbonyl (C=O) groups excluding carboxylic acids is 1. The highest BCUT2D eigenvalue weighted by atomic mass is 16.5. The molecular weight excluding hydrogens is 352 g/mol. The molecule has 2 aromatic carbocycles. The minimum absolute atomic E-state index is 0.155. The van der Waals surface area contributed by atoms with Crippen molar-refractivity contribution in [1.82, 2.24) is 9.97 Å². The Morgan fingerprint density at radius 3 is 2.39 bits per heavy atom. The van der Waals surface area contributed by atoms with Crippen molar-refractivity contribution in [3.63, 3.8) is 0 Å². The first-order chi connectivity index (χ1) is 13.7. The summed E-state index contributed by atoms with van der Waals surface area (Å²) in [7, 11) is 1.61. The molecule has 6 nitrogen and oxygen atoms in total. The molecule has 2 heterocycles. The van der Waals surface area contributed by atoms with Gasteiger partial charge in [-0.25, -0.2) is 9.97 Å². The molecule has 0 radical (unpaired) electrons. The Bertz CT molecular complexity index is 949. The summed E-state index contributed by atoms with van der Waals surface area (Å²) in [5.41, 5.74) is 3.14. The third-order valence-electron chi connectivity index (χ3n) is 4.87. The predicted octanol–water partition coefficient (Wildman–Crippen LogP) is 4.00. The van der Waals surface area contributed by atoms with Gasteiger partial charge in [0.05, 0.1) is 12.8 Å². The summed E-state index contributed by atoms with van der Waals surface area (Å²) in [6.07, 6.45) is 4.02. The average molecular weight is 374 g/mol. The molecule has 28 heavy (non-hydrogen) atoms. The van der Waals surface area contributed by atoms with Crippen molar-refractivity contribution in [1.29, 1.82) is 0 Å². The molecule has 0 aliphatic carbocycles. The zero-order chi connectivity index (χ0) is 19.3. The number of amides is 1. The van der Waals surface area contributed by atoms with Gasteiger partial charge in [0.1, 0.15) is 17.9 Å². The third kappa shape index (κ3) is 3.96. The first-order valence-electron chi connectivity index (χ1n) is 9.36. The van der Waals surface area contributed by atoms with Crippen molar-refractivity contribution in [2.24, 2.45) is 0 Å². The Morgan fingerprint density at radius 2 is 1.71 bits per heavy atom. The van der Waals surface area contributed by atoms with E-state index in [0.717, 1.165) is 41.6 Å². The van der Waals surface area contributed by atoms with Crippen LogP contribution in [0.5, 0.6) is 5.75 Å². The molecule has 1 aliphatic rings. The van der Waals surface area contributed by atoms with Gasteiger partial charge in [-0.3, -0.25) is 4.79 Å². The van der Waals surface area contributed by atoms with Crippen LogP contribution in [-0.2, 0) is 0 Å². The summed E-state index contributed by atoms with van der Waals surface area (Å²) in [5.74, 6) is 1.56. The second-order valence-electron chi connectivity index (χ2n) is 6.72. The van der Waals surface area contributed by atoms with E-state index in [1.807, 2.05) is 54.6 Å². The van der Waals surface area contributed by atoms with Crippen LogP contribution in [-0.4, -0.2) is 36.1 Å². The van der Waals surface area contributed by atoms with Gasteiger partial charge in [-0.1, -0.05) is 12.1 Å². The second-order valence-corrected chi connectivity index (χ2v) is 6.72. The molecule has 1 aliphatic heterocycles. The van der Waals surface area contributed by atoms with Crippen LogP contribution in [0.3, 0.4) is 0 Å². The predicted molar refractivity (Wildman–Crippen MR) is 110 cm³/mol. The summed E-state index contributed by atoms with van der Waals surface area (Å²) >= 11 is 0. The van der Waals surface area contributed by atoms with E-state index >= 15 is 0 Å². The molecule has 1 N–H and O–H groups in total. The van der Waals surface area contributed by atoms with E-state index < -0.39 is 0 Å². The van der Waals surface area contributed by atoms with Crippen molar-refractivity contribution in [2.45, 2.75) is 12.8 Å². The minimum atomic E-state index is -0.155. The molecule has 0 atom stereocenters. The van der Waals surface area contributed by atoms with E-state index in [1.54, 1.807) is 13.4 Å². The summed E-state index contributed by atoms with van der Waals surface area (Å²) in [6.45, 7) is 2.09. The first-order valence-corrected chi connectivity index (χ1v) is 9.36. The van der Waals surface area contributed by atoms with Gasteiger partial charge in [-0.2, -0.15) is 0 Å². The number of carbonyl (C=O) groups is 1. The largest absolute Gasteiger partial charge is 0.497 e. The molecule has 1 amide bonds. The minimum Gasteiger partial charge on any atom is -0.497 e. The Balaban J connectivity index is 1.47. The first kappa shape index (κ1) is 18.0. The summed E-state index contributed by atoms with van der Waals surface area (Å²) in [4.78, 5) is 23.5. The van der Waals surface area contributed by atoms with E-state index in [0.29, 0.717) is 5.56 Å². The standard InChI is InChI=1S/C22H22N4O2/c1-28-19-10-8-18(9-11-19)25-22(27)17-6-4-16(5-7-17)20-14-21(24-15-23-20)26-12-2-3-13-26/h4-11,14-15H,2-3,12-13H2,1H3,(H,25,27). The van der Waals surface area contributed by atoms with Gasteiger partial charge in [0, 0.05) is 36.0 Å². The lowest BCUT2D eigenvalue weighted by Gasteiger charge is -2.16. The SMILES string of the molecule is COc1ccc(NC(=O)c2ccc(-c3cc(N4CCCC4)ncn3)cc2)cc1. The van der Waals surface area contributed by atoms with Crippen LogP contribution in [0.15, 0.2) is 60.9 Å². The van der Waals surface area contributed by atoms with Crippen LogP contribution in [0.4, 0.5) is 11.5 Å². The lowest BCUT2D eigenvalue weighted by molar-refractivity contribution is 0.102. The van der Waals surface area contributed by atoms with Gasteiger partial charge in [0.2, 0.25) is 0 Å². The van der Waals surface area contributed by atoms with Gasteiger partial charge in [-0.05, 0) is 49.2 Å². The van der Waals surface area contributed by atoms with E-state index in [-0.39, 0.29) is 5.91 Å². The van der Waals surface area contributed by atoms with Crippen molar-refractivity contribution in [2.75, 3.05) is 30.4 Å². The van der Waals surface area contributed by atoms with Gasteiger partial charge in [0.25, 0.3) is 5.91 Å². The number of aromatic nitrogens is 2. The third-order valence-corrected chi connectivity index (χ3v) is 4.87. The number of methoxy groups -OCH3 is 1. The highest BCUT2D eigenvalue weighted by molar-refractivity contribution is 6.04. The second kappa shape index (κ2) is 8.08. The highest BCUT2D eigenvalue weighted by Gasteiger charge is 2.14. The molecule has 0 spiro atoms. The molecular formula is C22H22N4O2. The fourth-order valence-electron chi connectivity index (χ4n) is 3.29. The molecule has 0 bridgehead atoms. The molecule has 0 unspecified atom stereocenters. The topological polar surface area (TPSA) is 67.3 Å². The number of anilines is 2. The number of rotatable bonds is 5. The van der Waals surface area contributed by atoms with E-state index in [9.17, 15) is 4.79 Å². The Labute approximate surface area is 164 Å². The normalized spacial score (nSPS) is 13.4. The summed E-state index contributed by atoms with van der Waals surface area (Å²) in [5, 5.41) is 2.89. The Morgan fingerprint density at radius 1 is 1.00 bits per heavy atom. The van der Waals surface area contributed by atoms with Crippen LogP contribution in [0, 0.1) is 0 Å². The van der Waals surface area contributed by atoms with Crippen molar-refractivity contribution in [3.05, 3.63) is 66.5 Å². The number of nitrogens with one attached hydrogen (secondary N) is 1. The quantitative estimate of drug-likeness (QED) is 0.731. The fraction of sp³-hybridized carbons (Fsp3) is 0.227. The molecule has 1 aromatic heterocycles. The molecule has 0 saturated carbocycles. The van der Waals surface area contributed by atoms with Crippen LogP contribution in [0.1, 0.15) is 23.2 Å². The molecule has 142 valence electrons. The number of nitrogens with zero attached hydrogens (tertiary/aromatic N) is 3. The maximum Gasteiger partial charge on any atom is 0.255 e. The van der Waals surface area contributed by atoms with Crippen molar-refractivity contribution in [3.8, 4) is 17.0 Å². The molecule has 3 aromatic rings. The van der Waals surface area contributed by atoms with E-state index in [2.05, 4.69) is 20.2 Å². The lowest BCUT2D eigenvalue weighted by Crippen LogP contribution is -2.19. The zero-order valence-corrected chi connectivity index (χ0v) is 15.8. The molecule has 1 saturated heterocycles.